The van der Waals surface area contributed by atoms with Gasteiger partial charge in [-0.05, 0) is 48.9 Å². The fraction of sp³-hybridized carbons (Fsp3) is 0.750. The Morgan fingerprint density at radius 3 is 2.92 bits per heavy atom. The average molecular weight is 161 g/mol. The third kappa shape index (κ3) is 0.739. The van der Waals surface area contributed by atoms with E-state index < -0.39 is 0 Å². The molecule has 0 nitrogen and oxygen atoms in total. The summed E-state index contributed by atoms with van der Waals surface area (Å²) in [4.78, 5) is 0. The fourth-order valence-corrected chi connectivity index (χ4v) is 3.86. The minimum Gasteiger partial charge on any atom is -0.0848 e. The zero-order chi connectivity index (χ0) is 8.13. The van der Waals surface area contributed by atoms with E-state index in [1.165, 1.54) is 19.3 Å². The Morgan fingerprint density at radius 1 is 1.25 bits per heavy atom. The van der Waals surface area contributed by atoms with Gasteiger partial charge in [-0.25, -0.2) is 0 Å². The molecule has 0 N–H and O–H groups in total. The molecule has 0 spiro atoms. The van der Waals surface area contributed by atoms with Gasteiger partial charge >= 0.3 is 0 Å². The second kappa shape index (κ2) is 2.37. The van der Waals surface area contributed by atoms with E-state index in [1.807, 2.05) is 0 Å². The molecule has 12 heavy (non-hydrogen) atoms. The quantitative estimate of drug-likeness (QED) is 0.518. The molecule has 0 saturated heterocycles. The van der Waals surface area contributed by atoms with Crippen LogP contribution in [0.1, 0.15) is 26.2 Å². The summed E-state index contributed by atoms with van der Waals surface area (Å²) < 4.78 is 0. The molecule has 0 aromatic rings. The van der Waals surface area contributed by atoms with E-state index >= 15 is 0 Å². The lowest BCUT2D eigenvalue weighted by Gasteiger charge is -2.24. The van der Waals surface area contributed by atoms with Crippen molar-refractivity contribution >= 4 is 0 Å². The van der Waals surface area contributed by atoms with E-state index in [4.69, 9.17) is 0 Å². The largest absolute Gasteiger partial charge is 0.0848 e. The Balaban J connectivity index is 1.89. The summed E-state index contributed by atoms with van der Waals surface area (Å²) in [5, 5.41) is 0. The Kier molecular flexibility index (Phi) is 1.42. The summed E-state index contributed by atoms with van der Waals surface area (Å²) in [6.07, 6.45) is 11.8. The van der Waals surface area contributed by atoms with Gasteiger partial charge in [0.25, 0.3) is 0 Å². The van der Waals surface area contributed by atoms with Crippen molar-refractivity contribution in [3.8, 4) is 0 Å². The van der Waals surface area contributed by atoms with Crippen LogP contribution in [-0.2, 0) is 0 Å². The second-order valence-electron chi connectivity index (χ2n) is 4.73. The first kappa shape index (κ1) is 7.17. The molecule has 2 bridgehead atoms. The third-order valence-corrected chi connectivity index (χ3v) is 4.37. The molecule has 0 aliphatic heterocycles. The smallest absolute Gasteiger partial charge is 0.0194 e. The number of rotatable bonds is 1. The van der Waals surface area contributed by atoms with Crippen molar-refractivity contribution in [3.05, 3.63) is 18.6 Å². The number of fused-ring (bicyclic) bond motifs is 5. The highest BCUT2D eigenvalue weighted by molar-refractivity contribution is 5.18. The minimum absolute atomic E-state index is 0.954. The summed E-state index contributed by atoms with van der Waals surface area (Å²) in [6.45, 7) is 2.35. The van der Waals surface area contributed by atoms with Gasteiger partial charge in [0.15, 0.2) is 0 Å². The van der Waals surface area contributed by atoms with Gasteiger partial charge in [-0.3, -0.25) is 0 Å². The summed E-state index contributed by atoms with van der Waals surface area (Å²) in [6, 6.07) is 0. The summed E-state index contributed by atoms with van der Waals surface area (Å²) in [5.74, 6) is 4.97. The lowest BCUT2D eigenvalue weighted by molar-refractivity contribution is 0.292. The molecule has 2 fully saturated rings. The van der Waals surface area contributed by atoms with Gasteiger partial charge in [-0.15, -0.1) is 0 Å². The number of hydrogen-bond acceptors (Lipinski definition) is 0. The molecule has 65 valence electrons. The zero-order valence-corrected chi connectivity index (χ0v) is 7.74. The molecular formula is C12H17. The lowest BCUT2D eigenvalue weighted by atomic mass is 9.80. The lowest BCUT2D eigenvalue weighted by Crippen LogP contribution is -2.18. The van der Waals surface area contributed by atoms with E-state index in [2.05, 4.69) is 25.5 Å². The normalized spacial score (nSPS) is 54.9. The average Bonchev–Trinajstić information content (AvgIpc) is 2.76. The molecule has 0 heteroatoms. The van der Waals surface area contributed by atoms with Gasteiger partial charge < -0.3 is 0 Å². The standard InChI is InChI=1S/C12H17/c1-2-8-5-6-11-9-3-4-10(7-9)12(8)11/h3-5,8-12H,2,6-7H2,1H3. The molecule has 2 saturated carbocycles. The van der Waals surface area contributed by atoms with Gasteiger partial charge in [0.05, 0.1) is 0 Å². The van der Waals surface area contributed by atoms with Gasteiger partial charge in [0, 0.05) is 0 Å². The maximum Gasteiger partial charge on any atom is -0.0194 e. The maximum absolute atomic E-state index is 2.60. The molecule has 0 aromatic heterocycles. The first-order valence-electron chi connectivity index (χ1n) is 5.42. The Hall–Kier alpha value is -0.260. The van der Waals surface area contributed by atoms with Crippen LogP contribution in [0.5, 0.6) is 0 Å². The SMILES string of the molecule is CCC1[CH]CC2C3C=CC(C3)C12. The van der Waals surface area contributed by atoms with Crippen molar-refractivity contribution in [1.82, 2.24) is 0 Å². The summed E-state index contributed by atoms with van der Waals surface area (Å²) >= 11 is 0. The number of allylic oxidation sites excluding steroid dienone is 2. The molecule has 3 rings (SSSR count). The monoisotopic (exact) mass is 161 g/mol. The van der Waals surface area contributed by atoms with Crippen molar-refractivity contribution in [2.45, 2.75) is 26.2 Å². The highest BCUT2D eigenvalue weighted by atomic mass is 14.5. The zero-order valence-electron chi connectivity index (χ0n) is 7.74. The Labute approximate surface area is 75.0 Å². The summed E-state index contributed by atoms with van der Waals surface area (Å²) in [7, 11) is 0. The first-order valence-corrected chi connectivity index (χ1v) is 5.42. The Bertz CT molecular complexity index is 216. The second-order valence-corrected chi connectivity index (χ2v) is 4.73. The van der Waals surface area contributed by atoms with Crippen LogP contribution in [0, 0.1) is 36.0 Å². The molecule has 3 aliphatic rings. The van der Waals surface area contributed by atoms with Crippen LogP contribution >= 0.6 is 0 Å². The molecule has 0 aromatic carbocycles. The van der Waals surface area contributed by atoms with Crippen molar-refractivity contribution in [2.75, 3.05) is 0 Å². The van der Waals surface area contributed by atoms with Crippen LogP contribution in [0.2, 0.25) is 0 Å². The first-order chi connectivity index (χ1) is 5.90. The van der Waals surface area contributed by atoms with Crippen molar-refractivity contribution in [2.24, 2.45) is 29.6 Å². The van der Waals surface area contributed by atoms with Crippen molar-refractivity contribution < 1.29 is 0 Å². The van der Waals surface area contributed by atoms with Crippen molar-refractivity contribution in [1.29, 1.82) is 0 Å². The molecule has 0 heterocycles. The van der Waals surface area contributed by atoms with Gasteiger partial charge in [0.2, 0.25) is 0 Å². The van der Waals surface area contributed by atoms with Crippen LogP contribution in [0.15, 0.2) is 12.2 Å². The van der Waals surface area contributed by atoms with Crippen LogP contribution in [0.3, 0.4) is 0 Å². The maximum atomic E-state index is 2.60. The molecule has 1 radical (unpaired) electrons. The fourth-order valence-electron chi connectivity index (χ4n) is 3.86. The highest BCUT2D eigenvalue weighted by Crippen LogP contribution is 2.57. The van der Waals surface area contributed by atoms with E-state index in [1.54, 1.807) is 0 Å². The topological polar surface area (TPSA) is 0 Å². The van der Waals surface area contributed by atoms with E-state index in [9.17, 15) is 0 Å². The Morgan fingerprint density at radius 2 is 2.08 bits per heavy atom. The van der Waals surface area contributed by atoms with E-state index in [0.29, 0.717) is 0 Å². The van der Waals surface area contributed by atoms with Gasteiger partial charge in [0.1, 0.15) is 0 Å². The van der Waals surface area contributed by atoms with Crippen molar-refractivity contribution in [3.63, 3.8) is 0 Å². The molecule has 0 amide bonds. The van der Waals surface area contributed by atoms with Crippen LogP contribution < -0.4 is 0 Å². The van der Waals surface area contributed by atoms with Gasteiger partial charge in [-0.1, -0.05) is 25.5 Å². The van der Waals surface area contributed by atoms with Crippen LogP contribution in [-0.4, -0.2) is 0 Å². The highest BCUT2D eigenvalue weighted by Gasteiger charge is 2.50. The third-order valence-electron chi connectivity index (χ3n) is 4.37. The predicted octanol–water partition coefficient (Wildman–Crippen LogP) is 3.06. The van der Waals surface area contributed by atoms with E-state index in [0.717, 1.165) is 29.6 Å². The molecule has 5 atom stereocenters. The van der Waals surface area contributed by atoms with E-state index in [-0.39, 0.29) is 0 Å². The molecular weight excluding hydrogens is 144 g/mol. The number of hydrogen-bond donors (Lipinski definition) is 0. The van der Waals surface area contributed by atoms with Gasteiger partial charge in [-0.2, -0.15) is 0 Å². The predicted molar refractivity (Wildman–Crippen MR) is 50.4 cm³/mol. The summed E-state index contributed by atoms with van der Waals surface area (Å²) in [5.41, 5.74) is 0. The molecule has 5 unspecified atom stereocenters. The minimum atomic E-state index is 0.954. The van der Waals surface area contributed by atoms with Crippen LogP contribution in [0.4, 0.5) is 0 Å². The molecule has 3 aliphatic carbocycles. The van der Waals surface area contributed by atoms with Crippen LogP contribution in [0.25, 0.3) is 0 Å².